The van der Waals surface area contributed by atoms with Crippen LogP contribution in [0.2, 0.25) is 5.02 Å². The second-order valence-corrected chi connectivity index (χ2v) is 6.82. The SMILES string of the molecule is COC(CN(C)C(=O)Nc1nnc(C(C)Oc2ccc(Cl)cc2)s1)OC. The number of hydrogen-bond acceptors (Lipinski definition) is 7. The molecule has 0 saturated heterocycles. The summed E-state index contributed by atoms with van der Waals surface area (Å²) in [4.78, 5) is 13.6. The fourth-order valence-corrected chi connectivity index (χ4v) is 2.80. The van der Waals surface area contributed by atoms with Crippen LogP contribution in [0.3, 0.4) is 0 Å². The summed E-state index contributed by atoms with van der Waals surface area (Å²) in [7, 11) is 4.66. The predicted molar refractivity (Wildman–Crippen MR) is 99.9 cm³/mol. The maximum atomic E-state index is 12.2. The molecule has 1 aromatic carbocycles. The Kier molecular flexibility index (Phi) is 7.58. The zero-order valence-corrected chi connectivity index (χ0v) is 16.5. The van der Waals surface area contributed by atoms with Gasteiger partial charge >= 0.3 is 6.03 Å². The third kappa shape index (κ3) is 5.80. The number of ether oxygens (including phenoxy) is 3. The number of nitrogens with zero attached hydrogens (tertiary/aromatic N) is 3. The average molecular weight is 401 g/mol. The van der Waals surface area contributed by atoms with Crippen LogP contribution in [-0.4, -0.2) is 55.2 Å². The monoisotopic (exact) mass is 400 g/mol. The lowest BCUT2D eigenvalue weighted by atomic mass is 10.3. The standard InChI is InChI=1S/C16H21ClN4O4S/c1-10(25-12-7-5-11(17)6-8-12)14-19-20-15(26-14)18-16(22)21(2)9-13(23-3)24-4/h5-8,10,13H,9H2,1-4H3,(H,18,20,22). The number of nitrogens with one attached hydrogen (secondary N) is 1. The summed E-state index contributed by atoms with van der Waals surface area (Å²) in [5.74, 6) is 0.674. The molecule has 10 heteroatoms. The summed E-state index contributed by atoms with van der Waals surface area (Å²) in [5, 5.41) is 12.4. The minimum Gasteiger partial charge on any atom is -0.483 e. The van der Waals surface area contributed by atoms with Gasteiger partial charge in [-0.15, -0.1) is 10.2 Å². The highest BCUT2D eigenvalue weighted by Crippen LogP contribution is 2.27. The number of likely N-dealkylation sites (N-methyl/N-ethyl adjacent to an activating group) is 1. The second-order valence-electron chi connectivity index (χ2n) is 5.37. The number of aromatic nitrogens is 2. The zero-order chi connectivity index (χ0) is 19.1. The molecule has 0 aliphatic heterocycles. The molecule has 2 amide bonds. The van der Waals surface area contributed by atoms with Gasteiger partial charge in [0.1, 0.15) is 11.9 Å². The molecular formula is C16H21ClN4O4S. The summed E-state index contributed by atoms with van der Waals surface area (Å²) < 4.78 is 15.9. The van der Waals surface area contributed by atoms with Crippen LogP contribution in [0, 0.1) is 0 Å². The van der Waals surface area contributed by atoms with Crippen LogP contribution in [0.4, 0.5) is 9.93 Å². The highest BCUT2D eigenvalue weighted by atomic mass is 35.5. The first-order valence-electron chi connectivity index (χ1n) is 7.76. The van der Waals surface area contributed by atoms with Crippen molar-refractivity contribution in [1.82, 2.24) is 15.1 Å². The van der Waals surface area contributed by atoms with E-state index in [1.807, 2.05) is 6.92 Å². The molecule has 142 valence electrons. The Hall–Kier alpha value is -1.94. The highest BCUT2D eigenvalue weighted by molar-refractivity contribution is 7.15. The van der Waals surface area contributed by atoms with Gasteiger partial charge in [-0.2, -0.15) is 0 Å². The fourth-order valence-electron chi connectivity index (χ4n) is 1.96. The van der Waals surface area contributed by atoms with Crippen molar-refractivity contribution in [2.45, 2.75) is 19.3 Å². The molecule has 1 aromatic heterocycles. The molecule has 8 nitrogen and oxygen atoms in total. The molecule has 26 heavy (non-hydrogen) atoms. The molecule has 2 rings (SSSR count). The third-order valence-electron chi connectivity index (χ3n) is 3.42. The summed E-state index contributed by atoms with van der Waals surface area (Å²) in [6, 6.07) is 6.72. The Morgan fingerprint density at radius 3 is 2.54 bits per heavy atom. The van der Waals surface area contributed by atoms with Crippen LogP contribution in [0.15, 0.2) is 24.3 Å². The number of rotatable bonds is 8. The molecule has 1 unspecified atom stereocenters. The van der Waals surface area contributed by atoms with Gasteiger partial charge in [0, 0.05) is 26.3 Å². The van der Waals surface area contributed by atoms with Crippen LogP contribution < -0.4 is 10.1 Å². The molecule has 0 saturated carbocycles. The van der Waals surface area contributed by atoms with E-state index in [1.54, 1.807) is 31.3 Å². The van der Waals surface area contributed by atoms with Gasteiger partial charge < -0.3 is 19.1 Å². The molecule has 1 heterocycles. The van der Waals surface area contributed by atoms with E-state index < -0.39 is 6.29 Å². The lowest BCUT2D eigenvalue weighted by Crippen LogP contribution is -2.38. The van der Waals surface area contributed by atoms with Crippen LogP contribution in [0.5, 0.6) is 5.75 Å². The van der Waals surface area contributed by atoms with Gasteiger partial charge in [0.15, 0.2) is 11.3 Å². The van der Waals surface area contributed by atoms with Gasteiger partial charge in [0.25, 0.3) is 0 Å². The predicted octanol–water partition coefficient (Wildman–Crippen LogP) is 3.41. The van der Waals surface area contributed by atoms with E-state index in [-0.39, 0.29) is 18.7 Å². The van der Waals surface area contributed by atoms with Gasteiger partial charge in [0.05, 0.1) is 6.54 Å². The first-order chi connectivity index (χ1) is 12.4. The van der Waals surface area contributed by atoms with Gasteiger partial charge in [0.2, 0.25) is 5.13 Å². The van der Waals surface area contributed by atoms with Crippen molar-refractivity contribution in [3.05, 3.63) is 34.3 Å². The van der Waals surface area contributed by atoms with E-state index in [0.29, 0.717) is 20.9 Å². The number of carbonyl (C=O) groups is 1. The van der Waals surface area contributed by atoms with E-state index in [1.165, 1.54) is 30.5 Å². The van der Waals surface area contributed by atoms with Crippen LogP contribution in [0.1, 0.15) is 18.0 Å². The van der Waals surface area contributed by atoms with E-state index in [9.17, 15) is 4.79 Å². The van der Waals surface area contributed by atoms with Gasteiger partial charge in [-0.25, -0.2) is 4.79 Å². The van der Waals surface area contributed by atoms with Crippen molar-refractivity contribution in [3.8, 4) is 5.75 Å². The third-order valence-corrected chi connectivity index (χ3v) is 4.68. The number of benzene rings is 1. The largest absolute Gasteiger partial charge is 0.483 e. The average Bonchev–Trinajstić information content (AvgIpc) is 3.10. The first kappa shape index (κ1) is 20.4. The topological polar surface area (TPSA) is 85.8 Å². The lowest BCUT2D eigenvalue weighted by Gasteiger charge is -2.21. The number of amides is 2. The quantitative estimate of drug-likeness (QED) is 0.683. The number of halogens is 1. The molecule has 0 spiro atoms. The van der Waals surface area contributed by atoms with Crippen molar-refractivity contribution >= 4 is 34.1 Å². The Morgan fingerprint density at radius 2 is 1.92 bits per heavy atom. The number of methoxy groups -OCH3 is 2. The second kappa shape index (κ2) is 9.67. The lowest BCUT2D eigenvalue weighted by molar-refractivity contribution is -0.108. The normalized spacial score (nSPS) is 12.1. The number of anilines is 1. The number of hydrogen-bond donors (Lipinski definition) is 1. The van der Waals surface area contributed by atoms with E-state index >= 15 is 0 Å². The summed E-state index contributed by atoms with van der Waals surface area (Å²) >= 11 is 7.10. The zero-order valence-electron chi connectivity index (χ0n) is 14.9. The van der Waals surface area contributed by atoms with Crippen LogP contribution in [-0.2, 0) is 9.47 Å². The van der Waals surface area contributed by atoms with Crippen LogP contribution in [0.25, 0.3) is 0 Å². The number of urea groups is 1. The Labute approximate surface area is 161 Å². The smallest absolute Gasteiger partial charge is 0.323 e. The molecule has 0 aliphatic carbocycles. The Bertz CT molecular complexity index is 709. The molecule has 1 atom stereocenters. The molecule has 0 bridgehead atoms. The van der Waals surface area contributed by atoms with Crippen LogP contribution >= 0.6 is 22.9 Å². The maximum Gasteiger partial charge on any atom is 0.323 e. The Morgan fingerprint density at radius 1 is 1.27 bits per heavy atom. The summed E-state index contributed by atoms with van der Waals surface area (Å²) in [6.45, 7) is 2.13. The van der Waals surface area contributed by atoms with Gasteiger partial charge in [-0.3, -0.25) is 5.32 Å². The first-order valence-corrected chi connectivity index (χ1v) is 8.95. The van der Waals surface area contributed by atoms with E-state index in [0.717, 1.165) is 0 Å². The van der Waals surface area contributed by atoms with Crippen molar-refractivity contribution in [3.63, 3.8) is 0 Å². The molecule has 1 N–H and O–H groups in total. The minimum absolute atomic E-state index is 0.278. The molecule has 2 aromatic rings. The fraction of sp³-hybridized carbons (Fsp3) is 0.438. The van der Waals surface area contributed by atoms with Gasteiger partial charge in [-0.1, -0.05) is 22.9 Å². The molecule has 0 radical (unpaired) electrons. The van der Waals surface area contributed by atoms with Crippen molar-refractivity contribution in [2.75, 3.05) is 33.1 Å². The van der Waals surface area contributed by atoms with E-state index in [2.05, 4.69) is 15.5 Å². The molecular weight excluding hydrogens is 380 g/mol. The Balaban J connectivity index is 1.91. The molecule has 0 fully saturated rings. The van der Waals surface area contributed by atoms with Crippen molar-refractivity contribution in [2.24, 2.45) is 0 Å². The molecule has 0 aliphatic rings. The highest BCUT2D eigenvalue weighted by Gasteiger charge is 2.18. The summed E-state index contributed by atoms with van der Waals surface area (Å²) in [5.41, 5.74) is 0. The van der Waals surface area contributed by atoms with E-state index in [4.69, 9.17) is 25.8 Å². The number of carbonyl (C=O) groups excluding carboxylic acids is 1. The van der Waals surface area contributed by atoms with Gasteiger partial charge in [-0.05, 0) is 31.2 Å². The minimum atomic E-state index is -0.497. The summed E-state index contributed by atoms with van der Waals surface area (Å²) in [6.07, 6.45) is -0.813. The van der Waals surface area contributed by atoms with Crippen molar-refractivity contribution < 1.29 is 19.0 Å². The maximum absolute atomic E-state index is 12.2. The van der Waals surface area contributed by atoms with Crippen molar-refractivity contribution in [1.29, 1.82) is 0 Å².